The van der Waals surface area contributed by atoms with Gasteiger partial charge in [-0.1, -0.05) is 30.3 Å². The molecule has 104 valence electrons. The zero-order chi connectivity index (χ0) is 13.7. The van der Waals surface area contributed by atoms with E-state index >= 15 is 0 Å². The molecule has 1 aromatic rings. The molecule has 0 bridgehead atoms. The summed E-state index contributed by atoms with van der Waals surface area (Å²) < 4.78 is 11.1. The lowest BCUT2D eigenvalue weighted by atomic mass is 10.2. The molecule has 4 nitrogen and oxygen atoms in total. The summed E-state index contributed by atoms with van der Waals surface area (Å²) in [5.74, 6) is -0.851. The minimum Gasteiger partial charge on any atom is -0.433 e. The molecule has 0 spiro atoms. The van der Waals surface area contributed by atoms with Gasteiger partial charge in [-0.15, -0.1) is 0 Å². The lowest BCUT2D eigenvalue weighted by Crippen LogP contribution is -2.28. The molecule has 4 heteroatoms. The van der Waals surface area contributed by atoms with Crippen molar-refractivity contribution in [1.82, 2.24) is 4.90 Å². The smallest absolute Gasteiger partial charge is 0.312 e. The summed E-state index contributed by atoms with van der Waals surface area (Å²) >= 11 is 0. The first-order valence-corrected chi connectivity index (χ1v) is 6.64. The molecule has 1 aliphatic carbocycles. The fraction of sp³-hybridized carbons (Fsp3) is 0.533. The lowest BCUT2D eigenvalue weighted by Gasteiger charge is -2.19. The second-order valence-electron chi connectivity index (χ2n) is 5.20. The van der Waals surface area contributed by atoms with Crippen LogP contribution in [-0.2, 0) is 20.7 Å². The molecule has 0 atom stereocenters. The Balaban J connectivity index is 1.76. The molecule has 0 aromatic heterocycles. The van der Waals surface area contributed by atoms with E-state index in [-0.39, 0.29) is 5.97 Å². The maximum Gasteiger partial charge on any atom is 0.312 e. The zero-order valence-electron chi connectivity index (χ0n) is 11.6. The van der Waals surface area contributed by atoms with Crippen molar-refractivity contribution in [1.29, 1.82) is 0 Å². The SMILES string of the molecule is CN(C)CCOC1(OC(=O)Cc2ccccc2)CC1. The van der Waals surface area contributed by atoms with Crippen LogP contribution in [-0.4, -0.2) is 43.9 Å². The third-order valence-corrected chi connectivity index (χ3v) is 3.05. The van der Waals surface area contributed by atoms with Crippen LogP contribution >= 0.6 is 0 Å². The zero-order valence-corrected chi connectivity index (χ0v) is 11.6. The van der Waals surface area contributed by atoms with E-state index in [1.807, 2.05) is 49.3 Å². The first-order chi connectivity index (χ1) is 9.10. The Kier molecular flexibility index (Phi) is 4.56. The van der Waals surface area contributed by atoms with Gasteiger partial charge < -0.3 is 14.4 Å². The number of nitrogens with zero attached hydrogens (tertiary/aromatic N) is 1. The first kappa shape index (κ1) is 14.0. The Bertz CT molecular complexity index is 413. The largest absolute Gasteiger partial charge is 0.433 e. The number of hydrogen-bond donors (Lipinski definition) is 0. The number of hydrogen-bond acceptors (Lipinski definition) is 4. The first-order valence-electron chi connectivity index (χ1n) is 6.64. The predicted octanol–water partition coefficient (Wildman–Crippen LogP) is 1.84. The van der Waals surface area contributed by atoms with Gasteiger partial charge in [0.2, 0.25) is 5.79 Å². The Morgan fingerprint density at radius 1 is 1.26 bits per heavy atom. The molecular weight excluding hydrogens is 242 g/mol. The van der Waals surface area contributed by atoms with Gasteiger partial charge in [0.15, 0.2) is 0 Å². The quantitative estimate of drug-likeness (QED) is 0.556. The minimum absolute atomic E-state index is 0.214. The van der Waals surface area contributed by atoms with Crippen LogP contribution in [0.4, 0.5) is 0 Å². The Labute approximate surface area is 114 Å². The van der Waals surface area contributed by atoms with E-state index in [9.17, 15) is 4.79 Å². The van der Waals surface area contributed by atoms with E-state index < -0.39 is 5.79 Å². The molecule has 19 heavy (non-hydrogen) atoms. The van der Waals surface area contributed by atoms with Gasteiger partial charge in [-0.05, 0) is 19.7 Å². The third kappa shape index (κ3) is 4.65. The number of carbonyl (C=O) groups excluding carboxylic acids is 1. The molecule has 1 aromatic carbocycles. The summed E-state index contributed by atoms with van der Waals surface area (Å²) in [6.07, 6.45) is 1.92. The summed E-state index contributed by atoms with van der Waals surface area (Å²) in [6.45, 7) is 1.42. The molecule has 1 saturated carbocycles. The molecule has 0 aliphatic heterocycles. The number of carbonyl (C=O) groups is 1. The van der Waals surface area contributed by atoms with Crippen molar-refractivity contribution in [3.05, 3.63) is 35.9 Å². The monoisotopic (exact) mass is 263 g/mol. The maximum atomic E-state index is 11.9. The Morgan fingerprint density at radius 2 is 1.95 bits per heavy atom. The fourth-order valence-electron chi connectivity index (χ4n) is 1.80. The molecule has 1 fully saturated rings. The average molecular weight is 263 g/mol. The van der Waals surface area contributed by atoms with E-state index in [1.54, 1.807) is 0 Å². The van der Waals surface area contributed by atoms with E-state index in [4.69, 9.17) is 9.47 Å². The summed E-state index contributed by atoms with van der Waals surface area (Å²) in [6, 6.07) is 9.62. The van der Waals surface area contributed by atoms with Crippen LogP contribution in [0.3, 0.4) is 0 Å². The normalized spacial score (nSPS) is 16.4. The van der Waals surface area contributed by atoms with Gasteiger partial charge in [0.1, 0.15) is 0 Å². The number of esters is 1. The Hall–Kier alpha value is -1.39. The summed E-state index contributed by atoms with van der Waals surface area (Å²) in [4.78, 5) is 13.9. The molecule has 0 amide bonds. The standard InChI is InChI=1S/C15H21NO3/c1-16(2)10-11-18-15(8-9-15)19-14(17)12-13-6-4-3-5-7-13/h3-7H,8-12H2,1-2H3. The summed E-state index contributed by atoms with van der Waals surface area (Å²) in [5, 5.41) is 0. The molecule has 0 saturated heterocycles. The van der Waals surface area contributed by atoms with Crippen molar-refractivity contribution >= 4 is 5.97 Å². The van der Waals surface area contributed by atoms with Crippen LogP contribution in [0.15, 0.2) is 30.3 Å². The maximum absolute atomic E-state index is 11.9. The highest BCUT2D eigenvalue weighted by Gasteiger charge is 2.48. The van der Waals surface area contributed by atoms with Crippen molar-refractivity contribution in [2.24, 2.45) is 0 Å². The van der Waals surface area contributed by atoms with Crippen LogP contribution in [0.25, 0.3) is 0 Å². The number of likely N-dealkylation sites (N-methyl/N-ethyl adjacent to an activating group) is 1. The van der Waals surface area contributed by atoms with Gasteiger partial charge in [0.05, 0.1) is 13.0 Å². The van der Waals surface area contributed by atoms with Gasteiger partial charge in [0.25, 0.3) is 0 Å². The van der Waals surface area contributed by atoms with Gasteiger partial charge >= 0.3 is 5.97 Å². The summed E-state index contributed by atoms with van der Waals surface area (Å²) in [7, 11) is 3.98. The minimum atomic E-state index is -0.637. The van der Waals surface area contributed by atoms with Crippen LogP contribution in [0.2, 0.25) is 0 Å². The second-order valence-corrected chi connectivity index (χ2v) is 5.20. The van der Waals surface area contributed by atoms with Crippen LogP contribution in [0.5, 0.6) is 0 Å². The molecule has 0 radical (unpaired) electrons. The fourth-order valence-corrected chi connectivity index (χ4v) is 1.80. The van der Waals surface area contributed by atoms with Gasteiger partial charge in [-0.2, -0.15) is 0 Å². The van der Waals surface area contributed by atoms with Crippen LogP contribution in [0.1, 0.15) is 18.4 Å². The van der Waals surface area contributed by atoms with Crippen molar-refractivity contribution in [3.8, 4) is 0 Å². The molecular formula is C15H21NO3. The van der Waals surface area contributed by atoms with E-state index in [0.29, 0.717) is 13.0 Å². The van der Waals surface area contributed by atoms with E-state index in [1.165, 1.54) is 0 Å². The van der Waals surface area contributed by atoms with Crippen molar-refractivity contribution < 1.29 is 14.3 Å². The van der Waals surface area contributed by atoms with Crippen molar-refractivity contribution in [2.75, 3.05) is 27.2 Å². The summed E-state index contributed by atoms with van der Waals surface area (Å²) in [5.41, 5.74) is 0.969. The highest BCUT2D eigenvalue weighted by molar-refractivity contribution is 5.73. The number of benzene rings is 1. The van der Waals surface area contributed by atoms with Crippen molar-refractivity contribution in [3.63, 3.8) is 0 Å². The molecule has 0 unspecified atom stereocenters. The lowest BCUT2D eigenvalue weighted by molar-refractivity contribution is -0.189. The van der Waals surface area contributed by atoms with Gasteiger partial charge in [-0.25, -0.2) is 0 Å². The predicted molar refractivity (Wildman–Crippen MR) is 72.7 cm³/mol. The van der Waals surface area contributed by atoms with Crippen LogP contribution in [0, 0.1) is 0 Å². The third-order valence-electron chi connectivity index (χ3n) is 3.05. The van der Waals surface area contributed by atoms with Gasteiger partial charge in [-0.3, -0.25) is 4.79 Å². The molecule has 1 aliphatic rings. The highest BCUT2D eigenvalue weighted by Crippen LogP contribution is 2.40. The number of rotatable bonds is 7. The Morgan fingerprint density at radius 3 is 2.53 bits per heavy atom. The van der Waals surface area contributed by atoms with E-state index in [0.717, 1.165) is 24.9 Å². The van der Waals surface area contributed by atoms with E-state index in [2.05, 4.69) is 0 Å². The molecule has 2 rings (SSSR count). The topological polar surface area (TPSA) is 38.8 Å². The highest BCUT2D eigenvalue weighted by atomic mass is 16.7. The van der Waals surface area contributed by atoms with Gasteiger partial charge in [0, 0.05) is 19.4 Å². The number of ether oxygens (including phenoxy) is 2. The second kappa shape index (κ2) is 6.17. The van der Waals surface area contributed by atoms with Crippen molar-refractivity contribution in [2.45, 2.75) is 25.0 Å². The van der Waals surface area contributed by atoms with Crippen LogP contribution < -0.4 is 0 Å². The average Bonchev–Trinajstić information content (AvgIpc) is 3.09. The molecule has 0 N–H and O–H groups in total. The molecule has 0 heterocycles.